The molecule has 0 atom stereocenters. The molecule has 0 saturated heterocycles. The molecule has 0 aliphatic heterocycles. The van der Waals surface area contributed by atoms with Gasteiger partial charge >= 0.3 is 6.18 Å². The minimum absolute atomic E-state index is 0.0760. The molecule has 0 radical (unpaired) electrons. The van der Waals surface area contributed by atoms with Gasteiger partial charge in [-0.2, -0.15) is 13.2 Å². The lowest BCUT2D eigenvalue weighted by Crippen LogP contribution is -2.11. The van der Waals surface area contributed by atoms with Gasteiger partial charge in [0.2, 0.25) is 0 Å². The van der Waals surface area contributed by atoms with Gasteiger partial charge in [0.15, 0.2) is 0 Å². The summed E-state index contributed by atoms with van der Waals surface area (Å²) in [5, 5.41) is 0. The summed E-state index contributed by atoms with van der Waals surface area (Å²) >= 11 is 0. The largest absolute Gasteiger partial charge is 0.418 e. The first-order chi connectivity index (χ1) is 7.38. The number of nitrogen functional groups attached to an aromatic ring is 2. The van der Waals surface area contributed by atoms with Crippen LogP contribution in [0.5, 0.6) is 0 Å². The Morgan fingerprint density at radius 1 is 1.12 bits per heavy atom. The number of anilines is 2. The van der Waals surface area contributed by atoms with Crippen LogP contribution >= 0.6 is 0 Å². The molecular weight excluding hydrogens is 217 g/mol. The molecule has 0 spiro atoms. The Morgan fingerprint density at radius 2 is 1.75 bits per heavy atom. The summed E-state index contributed by atoms with van der Waals surface area (Å²) in [6.45, 7) is 3.45. The van der Waals surface area contributed by atoms with E-state index in [2.05, 4.69) is 6.58 Å². The van der Waals surface area contributed by atoms with Gasteiger partial charge in [0.05, 0.1) is 16.9 Å². The Kier molecular flexibility index (Phi) is 3.27. The predicted molar refractivity (Wildman–Crippen MR) is 59.5 cm³/mol. The first-order valence-corrected chi connectivity index (χ1v) is 4.42. The Bertz CT molecular complexity index is 434. The van der Waals surface area contributed by atoms with Crippen LogP contribution in [0.2, 0.25) is 0 Å². The molecule has 0 aliphatic carbocycles. The molecule has 1 aromatic carbocycles. The van der Waals surface area contributed by atoms with E-state index < -0.39 is 17.4 Å². The second-order valence-corrected chi connectivity index (χ2v) is 3.12. The van der Waals surface area contributed by atoms with Crippen LogP contribution < -0.4 is 11.5 Å². The third-order valence-electron chi connectivity index (χ3n) is 2.04. The number of allylic oxidation sites excluding steroid dienone is 2. The van der Waals surface area contributed by atoms with Crippen molar-refractivity contribution in [1.82, 2.24) is 0 Å². The van der Waals surface area contributed by atoms with E-state index in [1.54, 1.807) is 12.2 Å². The van der Waals surface area contributed by atoms with Gasteiger partial charge in [-0.1, -0.05) is 30.9 Å². The maximum atomic E-state index is 12.4. The quantitative estimate of drug-likeness (QED) is 0.603. The molecule has 0 fully saturated rings. The third kappa shape index (κ3) is 2.36. The van der Waals surface area contributed by atoms with Gasteiger partial charge in [0.25, 0.3) is 0 Å². The number of hydrogen-bond acceptors (Lipinski definition) is 2. The summed E-state index contributed by atoms with van der Waals surface area (Å²) in [6, 6.07) is 2.18. The van der Waals surface area contributed by atoms with E-state index in [-0.39, 0.29) is 5.69 Å². The van der Waals surface area contributed by atoms with Gasteiger partial charge in [-0.15, -0.1) is 0 Å². The molecule has 1 rings (SSSR count). The van der Waals surface area contributed by atoms with Crippen molar-refractivity contribution >= 4 is 17.5 Å². The first kappa shape index (κ1) is 12.2. The molecule has 0 unspecified atom stereocenters. The molecule has 5 heteroatoms. The van der Waals surface area contributed by atoms with Crippen LogP contribution in [0.4, 0.5) is 24.5 Å². The van der Waals surface area contributed by atoms with Crippen LogP contribution in [-0.2, 0) is 6.18 Å². The average Bonchev–Trinajstić information content (AvgIpc) is 2.18. The monoisotopic (exact) mass is 228 g/mol. The zero-order chi connectivity index (χ0) is 12.3. The molecule has 0 heterocycles. The second-order valence-electron chi connectivity index (χ2n) is 3.12. The highest BCUT2D eigenvalue weighted by molar-refractivity contribution is 5.79. The number of benzene rings is 1. The van der Waals surface area contributed by atoms with Crippen molar-refractivity contribution in [1.29, 1.82) is 0 Å². The fraction of sp³-hybridized carbons (Fsp3) is 0.0909. The lowest BCUT2D eigenvalue weighted by Gasteiger charge is -2.13. The normalized spacial score (nSPS) is 11.9. The summed E-state index contributed by atoms with van der Waals surface area (Å²) in [5.41, 5.74) is 9.84. The third-order valence-corrected chi connectivity index (χ3v) is 2.04. The van der Waals surface area contributed by atoms with Crippen molar-refractivity contribution in [3.8, 4) is 0 Å². The van der Waals surface area contributed by atoms with Crippen LogP contribution in [-0.4, -0.2) is 0 Å². The van der Waals surface area contributed by atoms with E-state index in [9.17, 15) is 13.2 Å². The van der Waals surface area contributed by atoms with Gasteiger partial charge in [0, 0.05) is 0 Å². The van der Waals surface area contributed by atoms with Crippen molar-refractivity contribution in [3.05, 3.63) is 42.0 Å². The van der Waals surface area contributed by atoms with Gasteiger partial charge in [-0.25, -0.2) is 0 Å². The van der Waals surface area contributed by atoms with Crippen molar-refractivity contribution in [2.24, 2.45) is 0 Å². The lowest BCUT2D eigenvalue weighted by atomic mass is 10.1. The topological polar surface area (TPSA) is 52.0 Å². The number of nitrogens with two attached hydrogens (primary N) is 2. The zero-order valence-electron chi connectivity index (χ0n) is 8.38. The highest BCUT2D eigenvalue weighted by atomic mass is 19.4. The second kappa shape index (κ2) is 4.30. The molecule has 4 N–H and O–H groups in total. The molecule has 1 aromatic rings. The molecule has 16 heavy (non-hydrogen) atoms. The standard InChI is InChI=1S/C11H11F3N2/c1-2-3-4-7-5-6-8(11(12,13)14)10(16)9(7)15/h2-6H,1,15-16H2/b4-3+. The summed E-state index contributed by atoms with van der Waals surface area (Å²) in [7, 11) is 0. The van der Waals surface area contributed by atoms with Crippen molar-refractivity contribution < 1.29 is 13.2 Å². The van der Waals surface area contributed by atoms with E-state index in [1.807, 2.05) is 0 Å². The van der Waals surface area contributed by atoms with Crippen molar-refractivity contribution in [2.45, 2.75) is 6.18 Å². The highest BCUT2D eigenvalue weighted by Gasteiger charge is 2.33. The van der Waals surface area contributed by atoms with Crippen LogP contribution in [0.15, 0.2) is 30.9 Å². The summed E-state index contributed by atoms with van der Waals surface area (Å²) in [5.74, 6) is 0. The van der Waals surface area contributed by atoms with E-state index in [4.69, 9.17) is 11.5 Å². The van der Waals surface area contributed by atoms with E-state index in [1.165, 1.54) is 12.1 Å². The van der Waals surface area contributed by atoms with Crippen molar-refractivity contribution in [2.75, 3.05) is 11.5 Å². The van der Waals surface area contributed by atoms with E-state index in [0.29, 0.717) is 5.56 Å². The fourth-order valence-corrected chi connectivity index (χ4v) is 1.22. The highest BCUT2D eigenvalue weighted by Crippen LogP contribution is 2.37. The minimum Gasteiger partial charge on any atom is -0.397 e. The molecule has 86 valence electrons. The molecule has 2 nitrogen and oxygen atoms in total. The maximum absolute atomic E-state index is 12.4. The summed E-state index contributed by atoms with van der Waals surface area (Å²) < 4.78 is 37.3. The predicted octanol–water partition coefficient (Wildman–Crippen LogP) is 3.07. The molecular formula is C11H11F3N2. The molecule has 0 aliphatic rings. The Balaban J connectivity index is 3.29. The summed E-state index contributed by atoms with van der Waals surface area (Å²) in [6.07, 6.45) is 0.115. The van der Waals surface area contributed by atoms with Crippen LogP contribution in [0.3, 0.4) is 0 Å². The first-order valence-electron chi connectivity index (χ1n) is 4.42. The SMILES string of the molecule is C=C/C=C/c1ccc(C(F)(F)F)c(N)c1N. The molecule has 0 saturated carbocycles. The van der Waals surface area contributed by atoms with Gasteiger partial charge in [0.1, 0.15) is 0 Å². The lowest BCUT2D eigenvalue weighted by molar-refractivity contribution is -0.136. The van der Waals surface area contributed by atoms with Gasteiger partial charge < -0.3 is 11.5 Å². The van der Waals surface area contributed by atoms with E-state index in [0.717, 1.165) is 6.07 Å². The number of alkyl halides is 3. The maximum Gasteiger partial charge on any atom is 0.418 e. The fourth-order valence-electron chi connectivity index (χ4n) is 1.22. The smallest absolute Gasteiger partial charge is 0.397 e. The number of halogens is 3. The Labute approximate surface area is 91.1 Å². The van der Waals surface area contributed by atoms with Crippen LogP contribution in [0.25, 0.3) is 6.08 Å². The number of rotatable bonds is 2. The number of hydrogen-bond donors (Lipinski definition) is 2. The molecule has 0 amide bonds. The molecule has 0 aromatic heterocycles. The van der Waals surface area contributed by atoms with Gasteiger partial charge in [-0.3, -0.25) is 0 Å². The Hall–Kier alpha value is -1.91. The van der Waals surface area contributed by atoms with Gasteiger partial charge in [-0.05, 0) is 11.6 Å². The van der Waals surface area contributed by atoms with Crippen LogP contribution in [0, 0.1) is 0 Å². The zero-order valence-corrected chi connectivity index (χ0v) is 8.38. The minimum atomic E-state index is -4.49. The molecule has 0 bridgehead atoms. The van der Waals surface area contributed by atoms with E-state index >= 15 is 0 Å². The Morgan fingerprint density at radius 3 is 2.25 bits per heavy atom. The average molecular weight is 228 g/mol. The van der Waals surface area contributed by atoms with Crippen LogP contribution in [0.1, 0.15) is 11.1 Å². The summed E-state index contributed by atoms with van der Waals surface area (Å²) in [4.78, 5) is 0. The van der Waals surface area contributed by atoms with Crippen molar-refractivity contribution in [3.63, 3.8) is 0 Å².